The summed E-state index contributed by atoms with van der Waals surface area (Å²) in [7, 11) is 1.29. The Morgan fingerprint density at radius 3 is 2.17 bits per heavy atom. The van der Waals surface area contributed by atoms with E-state index in [1.807, 2.05) is 42.5 Å². The largest absolute Gasteiger partial charge is 0.467 e. The first-order valence-electron chi connectivity index (χ1n) is 10.0. The van der Waals surface area contributed by atoms with E-state index in [2.05, 4.69) is 31.4 Å². The van der Waals surface area contributed by atoms with Crippen LogP contribution < -0.4 is 10.6 Å². The maximum Gasteiger partial charge on any atom is 0.328 e. The lowest BCUT2D eigenvalue weighted by atomic mass is 9.87. The lowest BCUT2D eigenvalue weighted by molar-refractivity contribution is -0.145. The summed E-state index contributed by atoms with van der Waals surface area (Å²) in [5, 5.41) is 5.43. The molecule has 0 aliphatic heterocycles. The van der Waals surface area contributed by atoms with Gasteiger partial charge in [-0.25, -0.2) is 4.79 Å². The molecule has 0 spiro atoms. The van der Waals surface area contributed by atoms with E-state index in [0.717, 1.165) is 11.1 Å². The van der Waals surface area contributed by atoms with Gasteiger partial charge >= 0.3 is 5.97 Å². The van der Waals surface area contributed by atoms with E-state index in [4.69, 9.17) is 4.74 Å². The molecule has 0 aliphatic rings. The van der Waals surface area contributed by atoms with Crippen molar-refractivity contribution in [3.63, 3.8) is 0 Å². The van der Waals surface area contributed by atoms with Crippen LogP contribution in [0.25, 0.3) is 0 Å². The monoisotopic (exact) mass is 410 g/mol. The van der Waals surface area contributed by atoms with Gasteiger partial charge in [0.1, 0.15) is 6.04 Å². The predicted octanol–water partition coefficient (Wildman–Crippen LogP) is 3.00. The minimum atomic E-state index is -0.773. The van der Waals surface area contributed by atoms with E-state index in [0.29, 0.717) is 12.0 Å². The van der Waals surface area contributed by atoms with Crippen LogP contribution in [0.15, 0.2) is 54.6 Å². The highest BCUT2D eigenvalue weighted by Gasteiger charge is 2.22. The summed E-state index contributed by atoms with van der Waals surface area (Å²) >= 11 is 0. The molecule has 30 heavy (non-hydrogen) atoms. The Labute approximate surface area is 178 Å². The topological polar surface area (TPSA) is 84.5 Å². The highest BCUT2D eigenvalue weighted by atomic mass is 16.5. The molecule has 0 saturated carbocycles. The summed E-state index contributed by atoms with van der Waals surface area (Å²) < 4.78 is 4.80. The summed E-state index contributed by atoms with van der Waals surface area (Å²) in [6, 6.07) is 16.1. The molecule has 1 atom stereocenters. The van der Waals surface area contributed by atoms with E-state index in [1.165, 1.54) is 7.11 Å². The molecule has 0 fully saturated rings. The van der Waals surface area contributed by atoms with Crippen LogP contribution in [-0.2, 0) is 26.2 Å². The van der Waals surface area contributed by atoms with E-state index < -0.39 is 12.0 Å². The Kier molecular flexibility index (Phi) is 8.16. The number of amides is 2. The number of carbonyl (C=O) groups excluding carboxylic acids is 3. The Morgan fingerprint density at radius 2 is 1.60 bits per heavy atom. The molecule has 2 aromatic carbocycles. The van der Waals surface area contributed by atoms with Crippen LogP contribution in [-0.4, -0.2) is 37.5 Å². The van der Waals surface area contributed by atoms with Crippen LogP contribution >= 0.6 is 0 Å². The molecule has 160 valence electrons. The maximum atomic E-state index is 12.3. The van der Waals surface area contributed by atoms with Crippen LogP contribution in [0, 0.1) is 0 Å². The van der Waals surface area contributed by atoms with Crippen molar-refractivity contribution in [3.05, 3.63) is 71.3 Å². The minimum absolute atomic E-state index is 0.0169. The van der Waals surface area contributed by atoms with Crippen molar-refractivity contribution >= 4 is 17.8 Å². The molecule has 6 nitrogen and oxygen atoms in total. The van der Waals surface area contributed by atoms with Gasteiger partial charge in [-0.05, 0) is 28.7 Å². The van der Waals surface area contributed by atoms with E-state index >= 15 is 0 Å². The lowest BCUT2D eigenvalue weighted by Gasteiger charge is -2.19. The molecular weight excluding hydrogens is 380 g/mol. The molecule has 0 aromatic heterocycles. The zero-order chi connectivity index (χ0) is 22.1. The standard InChI is InChI=1S/C24H30N2O4/c1-24(2,3)19-12-10-18(11-13-19)22(28)25-15-14-21(27)26-20(23(29)30-4)16-17-8-6-5-7-9-17/h5-13,20H,14-16H2,1-4H3,(H,25,28)(H,26,27)/t20-/m0/s1. The predicted molar refractivity (Wildman–Crippen MR) is 116 cm³/mol. The first-order chi connectivity index (χ1) is 14.2. The highest BCUT2D eigenvalue weighted by Crippen LogP contribution is 2.22. The smallest absolute Gasteiger partial charge is 0.328 e. The van der Waals surface area contributed by atoms with Crippen molar-refractivity contribution in [1.82, 2.24) is 10.6 Å². The fourth-order valence-corrected chi connectivity index (χ4v) is 2.97. The number of methoxy groups -OCH3 is 1. The van der Waals surface area contributed by atoms with Gasteiger partial charge in [0.15, 0.2) is 0 Å². The van der Waals surface area contributed by atoms with Gasteiger partial charge in [-0.1, -0.05) is 63.2 Å². The van der Waals surface area contributed by atoms with Gasteiger partial charge in [0.25, 0.3) is 5.91 Å². The maximum absolute atomic E-state index is 12.3. The third-order valence-corrected chi connectivity index (χ3v) is 4.75. The van der Waals surface area contributed by atoms with Gasteiger partial charge in [-0.15, -0.1) is 0 Å². The molecule has 2 aromatic rings. The second-order valence-corrected chi connectivity index (χ2v) is 8.17. The van der Waals surface area contributed by atoms with Crippen molar-refractivity contribution in [1.29, 1.82) is 0 Å². The van der Waals surface area contributed by atoms with Crippen molar-refractivity contribution < 1.29 is 19.1 Å². The number of ether oxygens (including phenoxy) is 1. The van der Waals surface area contributed by atoms with E-state index in [1.54, 1.807) is 12.1 Å². The van der Waals surface area contributed by atoms with Crippen molar-refractivity contribution in [3.8, 4) is 0 Å². The van der Waals surface area contributed by atoms with Gasteiger partial charge in [0.05, 0.1) is 7.11 Å². The summed E-state index contributed by atoms with van der Waals surface area (Å²) in [5.41, 5.74) is 2.62. The van der Waals surface area contributed by atoms with Crippen LogP contribution in [0.1, 0.15) is 48.7 Å². The molecule has 0 unspecified atom stereocenters. The summed E-state index contributed by atoms with van der Waals surface area (Å²) in [4.78, 5) is 36.6. The van der Waals surface area contributed by atoms with Crippen molar-refractivity contribution in [2.24, 2.45) is 0 Å². The number of hydrogen-bond acceptors (Lipinski definition) is 4. The normalized spacial score (nSPS) is 12.0. The Bertz CT molecular complexity index is 855. The first-order valence-corrected chi connectivity index (χ1v) is 10.0. The van der Waals surface area contributed by atoms with Crippen LogP contribution in [0.2, 0.25) is 0 Å². The quantitative estimate of drug-likeness (QED) is 0.655. The molecule has 0 aliphatic carbocycles. The van der Waals surface area contributed by atoms with Gasteiger partial charge in [-0.3, -0.25) is 9.59 Å². The minimum Gasteiger partial charge on any atom is -0.467 e. The van der Waals surface area contributed by atoms with E-state index in [9.17, 15) is 14.4 Å². The summed E-state index contributed by atoms with van der Waals surface area (Å²) in [5.74, 6) is -1.07. The molecule has 2 rings (SSSR count). The summed E-state index contributed by atoms with van der Waals surface area (Å²) in [6.07, 6.45) is 0.403. The molecule has 2 N–H and O–H groups in total. The van der Waals surface area contributed by atoms with Gasteiger partial charge in [0.2, 0.25) is 5.91 Å². The highest BCUT2D eigenvalue weighted by molar-refractivity contribution is 5.94. The molecule has 2 amide bonds. The fraction of sp³-hybridized carbons (Fsp3) is 0.375. The van der Waals surface area contributed by atoms with Crippen LogP contribution in [0.3, 0.4) is 0 Å². The zero-order valence-corrected chi connectivity index (χ0v) is 18.0. The number of benzene rings is 2. The van der Waals surface area contributed by atoms with Gasteiger partial charge < -0.3 is 15.4 Å². The third kappa shape index (κ3) is 7.03. The van der Waals surface area contributed by atoms with Gasteiger partial charge in [-0.2, -0.15) is 0 Å². The number of esters is 1. The van der Waals surface area contributed by atoms with Crippen molar-refractivity contribution in [2.45, 2.75) is 45.1 Å². The average molecular weight is 411 g/mol. The Morgan fingerprint density at radius 1 is 0.967 bits per heavy atom. The molecule has 0 radical (unpaired) electrons. The lowest BCUT2D eigenvalue weighted by Crippen LogP contribution is -2.44. The fourth-order valence-electron chi connectivity index (χ4n) is 2.97. The number of nitrogens with one attached hydrogen (secondary N) is 2. The van der Waals surface area contributed by atoms with Crippen LogP contribution in [0.5, 0.6) is 0 Å². The molecular formula is C24H30N2O4. The number of rotatable bonds is 8. The molecule has 0 heterocycles. The number of hydrogen-bond donors (Lipinski definition) is 2. The third-order valence-electron chi connectivity index (χ3n) is 4.75. The van der Waals surface area contributed by atoms with Crippen LogP contribution in [0.4, 0.5) is 0 Å². The molecule has 6 heteroatoms. The Hall–Kier alpha value is -3.15. The zero-order valence-electron chi connectivity index (χ0n) is 18.0. The Balaban J connectivity index is 1.85. The summed E-state index contributed by atoms with van der Waals surface area (Å²) in [6.45, 7) is 6.51. The average Bonchev–Trinajstić information content (AvgIpc) is 2.72. The first kappa shape index (κ1) is 23.1. The second-order valence-electron chi connectivity index (χ2n) is 8.17. The van der Waals surface area contributed by atoms with E-state index in [-0.39, 0.29) is 30.2 Å². The number of carbonyl (C=O) groups is 3. The molecule has 0 saturated heterocycles. The second kappa shape index (κ2) is 10.6. The SMILES string of the molecule is COC(=O)[C@H](Cc1ccccc1)NC(=O)CCNC(=O)c1ccc(C(C)(C)C)cc1. The van der Waals surface area contributed by atoms with Gasteiger partial charge in [0, 0.05) is 24.9 Å². The van der Waals surface area contributed by atoms with Crippen molar-refractivity contribution in [2.75, 3.05) is 13.7 Å². The molecule has 0 bridgehead atoms.